The molecule has 0 aliphatic carbocycles. The Kier molecular flexibility index (Phi) is 23.8. The molecule has 0 atom stereocenters. The first-order valence-electron chi connectivity index (χ1n) is 21.3. The van der Waals surface area contributed by atoms with Crippen molar-refractivity contribution in [3.8, 4) is 23.0 Å². The van der Waals surface area contributed by atoms with E-state index in [0.717, 1.165) is 87.3 Å². The molecule has 0 aromatic heterocycles. The molecular weight excluding hydrogens is 1010 g/mol. The number of piperidine rings is 2. The van der Waals surface area contributed by atoms with E-state index in [-0.39, 0.29) is 57.1 Å². The molecule has 12 nitrogen and oxygen atoms in total. The van der Waals surface area contributed by atoms with E-state index in [1.807, 2.05) is 0 Å². The van der Waals surface area contributed by atoms with Gasteiger partial charge in [0.2, 0.25) is 10.0 Å². The monoisotopic (exact) mass is 1070 g/mol. The van der Waals surface area contributed by atoms with Gasteiger partial charge in [-0.05, 0) is 134 Å². The molecule has 1 N–H and O–H groups in total. The van der Waals surface area contributed by atoms with Crippen molar-refractivity contribution >= 4 is 90.2 Å². The number of nitrogens with one attached hydrogen (secondary N) is 1. The van der Waals surface area contributed by atoms with Crippen LogP contribution in [0.2, 0.25) is 10.0 Å². The van der Waals surface area contributed by atoms with Crippen molar-refractivity contribution in [1.29, 1.82) is 0 Å². The molecule has 0 radical (unpaired) electrons. The van der Waals surface area contributed by atoms with Gasteiger partial charge in [-0.15, -0.1) is 37.2 Å². The molecule has 0 unspecified atom stereocenters. The summed E-state index contributed by atoms with van der Waals surface area (Å²) < 4.78 is 70.7. The van der Waals surface area contributed by atoms with E-state index in [1.165, 1.54) is 66.9 Å². The van der Waals surface area contributed by atoms with Gasteiger partial charge in [0.05, 0.1) is 38.5 Å². The van der Waals surface area contributed by atoms with Gasteiger partial charge in [-0.25, -0.2) is 16.8 Å². The minimum atomic E-state index is -3.69. The van der Waals surface area contributed by atoms with Crippen LogP contribution in [0.15, 0.2) is 82.6 Å². The maximum atomic E-state index is 13.0. The lowest BCUT2D eigenvalue weighted by Gasteiger charge is -2.36. The zero-order valence-corrected chi connectivity index (χ0v) is 44.0. The summed E-state index contributed by atoms with van der Waals surface area (Å²) in [6.45, 7) is 9.73. The van der Waals surface area contributed by atoms with Gasteiger partial charge in [0.25, 0.3) is 9.05 Å². The number of rotatable bonds is 11. The highest BCUT2D eigenvalue weighted by Crippen LogP contribution is 2.36. The van der Waals surface area contributed by atoms with Crippen molar-refractivity contribution in [3.05, 3.63) is 105 Å². The van der Waals surface area contributed by atoms with Gasteiger partial charge in [0, 0.05) is 63.0 Å². The zero-order chi connectivity index (χ0) is 45.1. The third-order valence-electron chi connectivity index (χ3n) is 12.2. The van der Waals surface area contributed by atoms with Crippen LogP contribution in [0.4, 0.5) is 0 Å². The molecule has 4 heterocycles. The third kappa shape index (κ3) is 15.3. The Hall–Kier alpha value is -2.44. The van der Waals surface area contributed by atoms with E-state index >= 15 is 0 Å². The lowest BCUT2D eigenvalue weighted by molar-refractivity contribution is 0.171. The molecule has 0 spiro atoms. The fourth-order valence-corrected chi connectivity index (χ4v) is 12.2. The Morgan fingerprint density at radius 2 is 0.939 bits per heavy atom. The Morgan fingerprint density at radius 1 is 0.561 bits per heavy atom. The number of ether oxygens (including phenoxy) is 4. The highest BCUT2D eigenvalue weighted by molar-refractivity contribution is 8.13. The summed E-state index contributed by atoms with van der Waals surface area (Å²) in [4.78, 5) is 5.22. The first kappa shape index (κ1) is 57.9. The molecule has 8 rings (SSSR count). The van der Waals surface area contributed by atoms with Crippen LogP contribution in [0.3, 0.4) is 0 Å². The maximum Gasteiger partial charge on any atom is 0.262 e. The van der Waals surface area contributed by atoms with Crippen molar-refractivity contribution in [1.82, 2.24) is 19.4 Å². The van der Waals surface area contributed by atoms with Crippen LogP contribution in [0.1, 0.15) is 47.9 Å². The summed E-state index contributed by atoms with van der Waals surface area (Å²) in [6, 6.07) is 21.1. The lowest BCUT2D eigenvalue weighted by Crippen LogP contribution is -2.42. The molecule has 66 heavy (non-hydrogen) atoms. The summed E-state index contributed by atoms with van der Waals surface area (Å²) in [7, 11) is 4.56. The fourth-order valence-electron chi connectivity index (χ4n) is 8.76. The first-order valence-corrected chi connectivity index (χ1v) is 25.8. The highest BCUT2D eigenvalue weighted by Gasteiger charge is 2.32. The normalized spacial score (nSPS) is 17.0. The predicted molar refractivity (Wildman–Crippen MR) is 272 cm³/mol. The second-order valence-electron chi connectivity index (χ2n) is 16.3. The number of nitrogens with zero attached hydrogens (tertiary/aromatic N) is 3. The van der Waals surface area contributed by atoms with E-state index in [2.05, 4.69) is 39.4 Å². The number of halogens is 6. The number of benzene rings is 4. The summed E-state index contributed by atoms with van der Waals surface area (Å²) in [5.74, 6) is 4.58. The SMILES string of the molecule is COc1cc2c(cc1OC)CN(CC1CCN(S(=O)(=O)c3ccccc3Cl)CC1)CC2.COc1cc2c(cc1OC)CN(CC1CCNCC1)CC2.Cl.Cl.Cl.O=S(=O)(Cl)c1ccccc1Cl. The molecular formula is C46H62Cl6N4O8S2. The van der Waals surface area contributed by atoms with Gasteiger partial charge in [-0.1, -0.05) is 47.5 Å². The summed E-state index contributed by atoms with van der Waals surface area (Å²) in [5.41, 5.74) is 5.40. The van der Waals surface area contributed by atoms with Crippen LogP contribution in [-0.2, 0) is 45.0 Å². The van der Waals surface area contributed by atoms with E-state index in [0.29, 0.717) is 19.0 Å². The first-order chi connectivity index (χ1) is 30.2. The van der Waals surface area contributed by atoms with Crippen LogP contribution in [-0.4, -0.2) is 112 Å². The molecule has 0 amide bonds. The largest absolute Gasteiger partial charge is 0.493 e. The number of fused-ring (bicyclic) bond motifs is 2. The molecule has 4 aromatic carbocycles. The van der Waals surface area contributed by atoms with Gasteiger partial charge in [-0.2, -0.15) is 4.31 Å². The smallest absolute Gasteiger partial charge is 0.262 e. The fraction of sp³-hybridized carbons (Fsp3) is 0.478. The minimum Gasteiger partial charge on any atom is -0.493 e. The van der Waals surface area contributed by atoms with Crippen molar-refractivity contribution in [2.24, 2.45) is 11.8 Å². The molecule has 4 aliphatic rings. The van der Waals surface area contributed by atoms with E-state index < -0.39 is 19.1 Å². The van der Waals surface area contributed by atoms with Crippen molar-refractivity contribution in [2.45, 2.75) is 61.4 Å². The van der Waals surface area contributed by atoms with Crippen LogP contribution in [0.25, 0.3) is 0 Å². The Bertz CT molecular complexity index is 2390. The van der Waals surface area contributed by atoms with Crippen molar-refractivity contribution in [2.75, 3.05) is 80.8 Å². The molecule has 0 saturated carbocycles. The van der Waals surface area contributed by atoms with Crippen LogP contribution in [0, 0.1) is 11.8 Å². The zero-order valence-electron chi connectivity index (χ0n) is 37.7. The maximum absolute atomic E-state index is 13.0. The number of methoxy groups -OCH3 is 4. The van der Waals surface area contributed by atoms with E-state index in [1.54, 1.807) is 69.1 Å². The van der Waals surface area contributed by atoms with Crippen LogP contribution >= 0.6 is 71.1 Å². The molecule has 4 aliphatic heterocycles. The van der Waals surface area contributed by atoms with Gasteiger partial charge in [0.1, 0.15) is 9.79 Å². The van der Waals surface area contributed by atoms with Crippen molar-refractivity contribution < 1.29 is 35.8 Å². The Morgan fingerprint density at radius 3 is 1.32 bits per heavy atom. The topological polar surface area (TPSA) is 127 Å². The van der Waals surface area contributed by atoms with Crippen molar-refractivity contribution in [3.63, 3.8) is 0 Å². The number of sulfonamides is 1. The Labute approximate surface area is 424 Å². The standard InChI is InChI=1S/C23H29ClN2O4S.C17H26N2O2.C6H4Cl2O2S.3ClH/c1-29-21-13-18-9-10-25(16-19(18)14-22(21)30-2)15-17-7-11-26(12-8-17)31(27,28)23-6-4-3-5-20(23)24;1-20-16-9-14-5-8-19(11-13-3-6-18-7-4-13)12-15(14)10-17(16)21-2;7-5-3-1-2-4-6(5)11(8,9)10;;;/h3-6,13-14,17H,7-12,15-16H2,1-2H3;9-10,13,18H,3-8,11-12H2,1-2H3;1-4H;3*1H. The van der Waals surface area contributed by atoms with Gasteiger partial charge < -0.3 is 24.3 Å². The second kappa shape index (κ2) is 27.1. The summed E-state index contributed by atoms with van der Waals surface area (Å²) in [5, 5.41) is 3.87. The van der Waals surface area contributed by atoms with Crippen LogP contribution in [0.5, 0.6) is 23.0 Å². The average Bonchev–Trinajstić information content (AvgIpc) is 3.28. The van der Waals surface area contributed by atoms with Gasteiger partial charge in [-0.3, -0.25) is 9.80 Å². The molecule has 368 valence electrons. The number of hydrogen-bond donors (Lipinski definition) is 1. The predicted octanol–water partition coefficient (Wildman–Crippen LogP) is 9.41. The molecule has 4 aromatic rings. The average molecular weight is 1080 g/mol. The molecule has 2 saturated heterocycles. The summed E-state index contributed by atoms with van der Waals surface area (Å²) >= 11 is 11.7. The summed E-state index contributed by atoms with van der Waals surface area (Å²) in [6.07, 6.45) is 6.44. The number of hydrogen-bond acceptors (Lipinski definition) is 11. The van der Waals surface area contributed by atoms with Gasteiger partial charge >= 0.3 is 0 Å². The van der Waals surface area contributed by atoms with E-state index in [9.17, 15) is 16.8 Å². The lowest BCUT2D eigenvalue weighted by atomic mass is 9.94. The highest BCUT2D eigenvalue weighted by atomic mass is 35.7. The van der Waals surface area contributed by atoms with Gasteiger partial charge in [0.15, 0.2) is 23.0 Å². The second-order valence-corrected chi connectivity index (χ2v) is 21.5. The van der Waals surface area contributed by atoms with E-state index in [4.69, 9.17) is 52.8 Å². The quantitative estimate of drug-likeness (QED) is 0.145. The van der Waals surface area contributed by atoms with Crippen LogP contribution < -0.4 is 24.3 Å². The Balaban J connectivity index is 0.000000286. The molecule has 20 heteroatoms. The minimum absolute atomic E-state index is 0. The molecule has 2 fully saturated rings. The third-order valence-corrected chi connectivity index (χ3v) is 16.4. The molecule has 0 bridgehead atoms.